The molecule has 1 saturated heterocycles. The highest BCUT2D eigenvalue weighted by atomic mass is 19.4. The Labute approximate surface area is 151 Å². The van der Waals surface area contributed by atoms with Crippen LogP contribution in [0.1, 0.15) is 22.5 Å². The van der Waals surface area contributed by atoms with E-state index in [9.17, 15) is 22.7 Å². The van der Waals surface area contributed by atoms with Crippen LogP contribution in [0, 0.1) is 0 Å². The summed E-state index contributed by atoms with van der Waals surface area (Å²) in [7, 11) is 1.49. The fraction of sp³-hybridized carbons (Fsp3) is 0.471. The van der Waals surface area contributed by atoms with Gasteiger partial charge in [-0.05, 0) is 17.7 Å². The molecule has 0 radical (unpaired) electrons. The number of nitrogens with zero attached hydrogens (tertiary/aromatic N) is 2. The largest absolute Gasteiger partial charge is 0.497 e. The van der Waals surface area contributed by atoms with Crippen LogP contribution in [-0.4, -0.2) is 41.1 Å². The second-order valence-corrected chi connectivity index (χ2v) is 6.42. The van der Waals surface area contributed by atoms with Crippen LogP contribution in [0.5, 0.6) is 5.75 Å². The highest BCUT2D eigenvalue weighted by Gasteiger charge is 2.68. The molecule has 1 N–H and O–H groups in total. The molecule has 2 aliphatic rings. The van der Waals surface area contributed by atoms with E-state index in [-0.39, 0.29) is 25.5 Å². The van der Waals surface area contributed by atoms with Gasteiger partial charge in [0.2, 0.25) is 0 Å². The van der Waals surface area contributed by atoms with E-state index < -0.39 is 35.5 Å². The fourth-order valence-corrected chi connectivity index (χ4v) is 3.56. The van der Waals surface area contributed by atoms with Crippen molar-refractivity contribution >= 4 is 0 Å². The number of aliphatic hydroxyl groups is 1. The summed E-state index contributed by atoms with van der Waals surface area (Å²) in [6.45, 7) is -0.312. The lowest BCUT2D eigenvalue weighted by atomic mass is 10.1. The molecule has 1 aromatic heterocycles. The second-order valence-electron chi connectivity index (χ2n) is 6.42. The van der Waals surface area contributed by atoms with E-state index in [1.807, 2.05) is 0 Å². The van der Waals surface area contributed by atoms with Gasteiger partial charge < -0.3 is 19.3 Å². The molecule has 1 fully saturated rings. The lowest BCUT2D eigenvalue weighted by Crippen LogP contribution is -2.47. The van der Waals surface area contributed by atoms with Gasteiger partial charge in [0.15, 0.2) is 5.69 Å². The van der Waals surface area contributed by atoms with Gasteiger partial charge in [-0.25, -0.2) is 4.39 Å². The Kier molecular flexibility index (Phi) is 3.99. The molecule has 146 valence electrons. The first-order valence-electron chi connectivity index (χ1n) is 8.17. The smallest absolute Gasteiger partial charge is 0.435 e. The zero-order valence-corrected chi connectivity index (χ0v) is 14.2. The SMILES string of the molecule is COc1ccc(Cn2nc(C(F)(F)F)c3c2CC(O)(F)C32OCCO2)cc1. The Bertz CT molecular complexity index is 855. The number of alkyl halides is 4. The van der Waals surface area contributed by atoms with E-state index in [0.29, 0.717) is 11.3 Å². The number of benzene rings is 1. The van der Waals surface area contributed by atoms with E-state index >= 15 is 0 Å². The van der Waals surface area contributed by atoms with Gasteiger partial charge in [-0.15, -0.1) is 0 Å². The second kappa shape index (κ2) is 5.91. The molecular weight excluding hydrogens is 372 g/mol. The molecule has 0 amide bonds. The molecule has 1 spiro atoms. The van der Waals surface area contributed by atoms with Gasteiger partial charge in [-0.2, -0.15) is 18.3 Å². The van der Waals surface area contributed by atoms with E-state index in [2.05, 4.69) is 5.10 Å². The van der Waals surface area contributed by atoms with Crippen molar-refractivity contribution in [2.24, 2.45) is 0 Å². The van der Waals surface area contributed by atoms with Gasteiger partial charge in [-0.3, -0.25) is 4.68 Å². The number of ether oxygens (including phenoxy) is 3. The average molecular weight is 388 g/mol. The molecule has 10 heteroatoms. The van der Waals surface area contributed by atoms with Crippen LogP contribution in [0.2, 0.25) is 0 Å². The van der Waals surface area contributed by atoms with Crippen molar-refractivity contribution in [3.8, 4) is 5.75 Å². The maximum Gasteiger partial charge on any atom is 0.435 e. The van der Waals surface area contributed by atoms with Gasteiger partial charge in [0, 0.05) is 0 Å². The molecule has 1 aliphatic carbocycles. The number of halogens is 4. The first-order valence-corrected chi connectivity index (χ1v) is 8.17. The monoisotopic (exact) mass is 388 g/mol. The summed E-state index contributed by atoms with van der Waals surface area (Å²) in [6, 6.07) is 6.63. The summed E-state index contributed by atoms with van der Waals surface area (Å²) < 4.78 is 72.0. The summed E-state index contributed by atoms with van der Waals surface area (Å²) >= 11 is 0. The lowest BCUT2D eigenvalue weighted by molar-refractivity contribution is -0.321. The summed E-state index contributed by atoms with van der Waals surface area (Å²) in [6.07, 6.45) is -5.58. The zero-order valence-electron chi connectivity index (χ0n) is 14.2. The third kappa shape index (κ3) is 2.70. The van der Waals surface area contributed by atoms with E-state index in [0.717, 1.165) is 4.68 Å². The molecule has 1 atom stereocenters. The Morgan fingerprint density at radius 2 is 1.85 bits per heavy atom. The summed E-state index contributed by atoms with van der Waals surface area (Å²) in [5, 5.41) is 13.8. The number of rotatable bonds is 3. The third-order valence-electron chi connectivity index (χ3n) is 4.75. The van der Waals surface area contributed by atoms with Gasteiger partial charge >= 0.3 is 6.18 Å². The molecule has 4 rings (SSSR count). The van der Waals surface area contributed by atoms with Crippen molar-refractivity contribution in [2.45, 2.75) is 30.8 Å². The number of aromatic nitrogens is 2. The zero-order chi connectivity index (χ0) is 19.4. The van der Waals surface area contributed by atoms with E-state index in [1.165, 1.54) is 7.11 Å². The molecule has 1 aliphatic heterocycles. The summed E-state index contributed by atoms with van der Waals surface area (Å²) in [5.41, 5.74) is -1.39. The molecule has 1 unspecified atom stereocenters. The molecular formula is C17H16F4N2O4. The number of methoxy groups -OCH3 is 1. The van der Waals surface area contributed by atoms with Gasteiger partial charge in [0.1, 0.15) is 5.75 Å². The Balaban J connectivity index is 1.81. The van der Waals surface area contributed by atoms with Gasteiger partial charge in [0.25, 0.3) is 11.6 Å². The highest BCUT2D eigenvalue weighted by molar-refractivity contribution is 5.42. The minimum Gasteiger partial charge on any atom is -0.497 e. The maximum absolute atomic E-state index is 14.9. The van der Waals surface area contributed by atoms with Crippen molar-refractivity contribution in [1.82, 2.24) is 9.78 Å². The number of hydrogen-bond acceptors (Lipinski definition) is 5. The molecule has 0 saturated carbocycles. The van der Waals surface area contributed by atoms with Crippen LogP contribution in [0.4, 0.5) is 17.6 Å². The molecule has 2 aromatic rings. The minimum absolute atomic E-state index is 0.0471. The Hall–Kier alpha value is -2.17. The van der Waals surface area contributed by atoms with Crippen LogP contribution in [0.15, 0.2) is 24.3 Å². The molecule has 1 aromatic carbocycles. The predicted octanol–water partition coefficient (Wildman–Crippen LogP) is 2.37. The molecule has 27 heavy (non-hydrogen) atoms. The minimum atomic E-state index is -4.86. The standard InChI is InChI=1S/C17H16F4N2O4/c1-25-11-4-2-10(3-5-11)9-23-12-8-15(18,24)16(26-6-7-27-16)13(12)14(22-23)17(19,20)21/h2-5,24H,6-9H2,1H3. The Morgan fingerprint density at radius 1 is 1.22 bits per heavy atom. The number of fused-ring (bicyclic) bond motifs is 2. The van der Waals surface area contributed by atoms with Crippen LogP contribution >= 0.6 is 0 Å². The van der Waals surface area contributed by atoms with Crippen molar-refractivity contribution < 1.29 is 36.9 Å². The molecule has 0 bridgehead atoms. The average Bonchev–Trinajstić information content (AvgIpc) is 3.26. The Morgan fingerprint density at radius 3 is 2.41 bits per heavy atom. The van der Waals surface area contributed by atoms with Gasteiger partial charge in [-0.1, -0.05) is 12.1 Å². The summed E-state index contributed by atoms with van der Waals surface area (Å²) in [4.78, 5) is 0. The molecule has 6 nitrogen and oxygen atoms in total. The fourth-order valence-electron chi connectivity index (χ4n) is 3.56. The van der Waals surface area contributed by atoms with Crippen molar-refractivity contribution in [3.63, 3.8) is 0 Å². The quantitative estimate of drug-likeness (QED) is 0.818. The van der Waals surface area contributed by atoms with E-state index in [1.54, 1.807) is 24.3 Å². The normalized spacial score (nSPS) is 23.8. The third-order valence-corrected chi connectivity index (χ3v) is 4.75. The van der Waals surface area contributed by atoms with Crippen LogP contribution in [-0.2, 0) is 34.4 Å². The lowest BCUT2D eigenvalue weighted by Gasteiger charge is -2.31. The van der Waals surface area contributed by atoms with Crippen molar-refractivity contribution in [2.75, 3.05) is 20.3 Å². The predicted molar refractivity (Wildman–Crippen MR) is 82.7 cm³/mol. The number of hydrogen-bond donors (Lipinski definition) is 1. The van der Waals surface area contributed by atoms with Crippen LogP contribution in [0.25, 0.3) is 0 Å². The summed E-state index contributed by atoms with van der Waals surface area (Å²) in [5.74, 6) is -5.05. The van der Waals surface area contributed by atoms with Crippen molar-refractivity contribution in [3.05, 3.63) is 46.8 Å². The van der Waals surface area contributed by atoms with Crippen LogP contribution in [0.3, 0.4) is 0 Å². The highest BCUT2D eigenvalue weighted by Crippen LogP contribution is 2.54. The first kappa shape index (κ1) is 18.2. The molecule has 2 heterocycles. The topological polar surface area (TPSA) is 65.7 Å². The van der Waals surface area contributed by atoms with Crippen LogP contribution < -0.4 is 4.74 Å². The first-order chi connectivity index (χ1) is 12.7. The van der Waals surface area contributed by atoms with E-state index in [4.69, 9.17) is 14.2 Å². The van der Waals surface area contributed by atoms with Gasteiger partial charge in [0.05, 0.1) is 44.5 Å². The van der Waals surface area contributed by atoms with Crippen molar-refractivity contribution in [1.29, 1.82) is 0 Å². The maximum atomic E-state index is 14.9.